The fraction of sp³-hybridized carbons (Fsp3) is 0.0882. The SMILES string of the molecule is O=C(Cc1ccccc1)Nc1ccc(C2=NC(Cc3ccc4ccccc4c3)C(=O)Nc3cc([N+](=O)[O-])ccc32)cc1. The zero-order valence-corrected chi connectivity index (χ0v) is 22.5. The van der Waals surface area contributed by atoms with Gasteiger partial charge in [-0.25, -0.2) is 0 Å². The number of nitro groups is 1. The number of nitrogens with zero attached hydrogens (tertiary/aromatic N) is 2. The highest BCUT2D eigenvalue weighted by atomic mass is 16.6. The highest BCUT2D eigenvalue weighted by molar-refractivity contribution is 6.20. The number of hydrogen-bond acceptors (Lipinski definition) is 5. The number of carbonyl (C=O) groups is 2. The van der Waals surface area contributed by atoms with Crippen molar-refractivity contribution >= 4 is 45.4 Å². The topological polar surface area (TPSA) is 114 Å². The van der Waals surface area contributed by atoms with E-state index in [1.807, 2.05) is 84.9 Å². The quantitative estimate of drug-likeness (QED) is 0.181. The standard InChI is InChI=1S/C34H26N4O4/c39-32(20-22-6-2-1-3-7-22)35-27-14-12-25(13-15-27)33-29-17-16-28(38(41)42)21-30(29)37-34(40)31(36-33)19-23-10-11-24-8-4-5-9-26(24)18-23/h1-18,21,31H,19-20H2,(H,35,39)(H,37,40). The summed E-state index contributed by atoms with van der Waals surface area (Å²) in [6.45, 7) is 0. The highest BCUT2D eigenvalue weighted by Crippen LogP contribution is 2.30. The van der Waals surface area contributed by atoms with E-state index in [-0.39, 0.29) is 23.9 Å². The average molecular weight is 555 g/mol. The molecule has 0 saturated carbocycles. The molecule has 0 saturated heterocycles. The monoisotopic (exact) mass is 554 g/mol. The lowest BCUT2D eigenvalue weighted by Gasteiger charge is -2.12. The van der Waals surface area contributed by atoms with Crippen LogP contribution in [0.4, 0.5) is 17.1 Å². The Bertz CT molecular complexity index is 1850. The van der Waals surface area contributed by atoms with E-state index < -0.39 is 11.0 Å². The largest absolute Gasteiger partial charge is 0.326 e. The third-order valence-corrected chi connectivity index (χ3v) is 7.21. The van der Waals surface area contributed by atoms with Gasteiger partial charge in [-0.15, -0.1) is 0 Å². The van der Waals surface area contributed by atoms with E-state index in [2.05, 4.69) is 10.6 Å². The van der Waals surface area contributed by atoms with Crippen molar-refractivity contribution in [2.75, 3.05) is 10.6 Å². The van der Waals surface area contributed by atoms with Gasteiger partial charge >= 0.3 is 0 Å². The smallest absolute Gasteiger partial charge is 0.271 e. The summed E-state index contributed by atoms with van der Waals surface area (Å²) >= 11 is 0. The Hall–Kier alpha value is -5.63. The fourth-order valence-electron chi connectivity index (χ4n) is 5.11. The molecule has 0 bridgehead atoms. The molecule has 6 rings (SSSR count). The molecule has 8 heteroatoms. The Balaban J connectivity index is 1.32. The summed E-state index contributed by atoms with van der Waals surface area (Å²) in [6, 6.07) is 34.4. The van der Waals surface area contributed by atoms with E-state index >= 15 is 0 Å². The van der Waals surface area contributed by atoms with Crippen LogP contribution in [0.25, 0.3) is 10.8 Å². The van der Waals surface area contributed by atoms with Gasteiger partial charge in [-0.2, -0.15) is 0 Å². The highest BCUT2D eigenvalue weighted by Gasteiger charge is 2.27. The van der Waals surface area contributed by atoms with Gasteiger partial charge in [0.25, 0.3) is 5.69 Å². The van der Waals surface area contributed by atoms with Crippen LogP contribution in [0.5, 0.6) is 0 Å². The van der Waals surface area contributed by atoms with Crippen LogP contribution in [-0.4, -0.2) is 28.5 Å². The van der Waals surface area contributed by atoms with Crippen LogP contribution in [0, 0.1) is 10.1 Å². The number of aliphatic imine (C=N–C) groups is 1. The number of amides is 2. The summed E-state index contributed by atoms with van der Waals surface area (Å²) in [7, 11) is 0. The van der Waals surface area contributed by atoms with Crippen molar-refractivity contribution < 1.29 is 14.5 Å². The lowest BCUT2D eigenvalue weighted by Crippen LogP contribution is -2.27. The van der Waals surface area contributed by atoms with Gasteiger partial charge in [0.05, 0.1) is 22.7 Å². The van der Waals surface area contributed by atoms with Gasteiger partial charge < -0.3 is 10.6 Å². The third kappa shape index (κ3) is 5.78. The van der Waals surface area contributed by atoms with E-state index in [0.29, 0.717) is 34.6 Å². The fourth-order valence-corrected chi connectivity index (χ4v) is 5.11. The lowest BCUT2D eigenvalue weighted by molar-refractivity contribution is -0.384. The van der Waals surface area contributed by atoms with Crippen LogP contribution >= 0.6 is 0 Å². The Labute approximate surface area is 241 Å². The molecule has 0 aromatic heterocycles. The molecule has 0 fully saturated rings. The molecule has 1 heterocycles. The van der Waals surface area contributed by atoms with Crippen LogP contribution < -0.4 is 10.6 Å². The molecule has 1 aliphatic heterocycles. The Morgan fingerprint density at radius 2 is 1.57 bits per heavy atom. The zero-order chi connectivity index (χ0) is 29.1. The minimum absolute atomic E-state index is 0.127. The van der Waals surface area contributed by atoms with Gasteiger partial charge in [0, 0.05) is 35.4 Å². The minimum Gasteiger partial charge on any atom is -0.326 e. The molecule has 5 aromatic rings. The second-order valence-corrected chi connectivity index (χ2v) is 10.1. The predicted molar refractivity (Wildman–Crippen MR) is 164 cm³/mol. The zero-order valence-electron chi connectivity index (χ0n) is 22.5. The first-order valence-electron chi connectivity index (χ1n) is 13.5. The van der Waals surface area contributed by atoms with E-state index in [9.17, 15) is 19.7 Å². The molecule has 42 heavy (non-hydrogen) atoms. The molecular weight excluding hydrogens is 528 g/mol. The van der Waals surface area contributed by atoms with Crippen molar-refractivity contribution in [3.8, 4) is 0 Å². The van der Waals surface area contributed by atoms with Crippen LogP contribution in [0.1, 0.15) is 22.3 Å². The number of nitrogens with one attached hydrogen (secondary N) is 2. The maximum Gasteiger partial charge on any atom is 0.271 e. The molecule has 1 unspecified atom stereocenters. The van der Waals surface area contributed by atoms with Gasteiger partial charge in [0.1, 0.15) is 6.04 Å². The molecule has 1 aliphatic rings. The number of non-ortho nitro benzene ring substituents is 1. The number of rotatable bonds is 7. The minimum atomic E-state index is -0.766. The second-order valence-electron chi connectivity index (χ2n) is 10.1. The molecule has 0 radical (unpaired) electrons. The number of anilines is 2. The number of hydrogen-bond donors (Lipinski definition) is 2. The molecule has 206 valence electrons. The Morgan fingerprint density at radius 3 is 2.33 bits per heavy atom. The first-order chi connectivity index (χ1) is 20.4. The van der Waals surface area contributed by atoms with E-state index in [1.165, 1.54) is 12.1 Å². The maximum atomic E-state index is 13.4. The first-order valence-corrected chi connectivity index (χ1v) is 13.5. The van der Waals surface area contributed by atoms with Crippen LogP contribution in [0.2, 0.25) is 0 Å². The predicted octanol–water partition coefficient (Wildman–Crippen LogP) is 6.33. The Morgan fingerprint density at radius 1 is 0.833 bits per heavy atom. The summed E-state index contributed by atoms with van der Waals surface area (Å²) in [5, 5.41) is 19.4. The summed E-state index contributed by atoms with van der Waals surface area (Å²) in [5.41, 5.74) is 4.52. The summed E-state index contributed by atoms with van der Waals surface area (Å²) in [6.07, 6.45) is 0.607. The summed E-state index contributed by atoms with van der Waals surface area (Å²) in [5.74, 6) is -0.478. The summed E-state index contributed by atoms with van der Waals surface area (Å²) < 4.78 is 0. The maximum absolute atomic E-state index is 13.4. The van der Waals surface area contributed by atoms with Crippen LogP contribution in [0.15, 0.2) is 120 Å². The number of benzene rings is 5. The van der Waals surface area contributed by atoms with Gasteiger partial charge in [0.15, 0.2) is 0 Å². The molecule has 2 N–H and O–H groups in total. The molecule has 5 aromatic carbocycles. The normalized spacial score (nSPS) is 14.3. The van der Waals surface area contributed by atoms with Crippen molar-refractivity contribution in [2.45, 2.75) is 18.9 Å². The van der Waals surface area contributed by atoms with Crippen LogP contribution in [0.3, 0.4) is 0 Å². The van der Waals surface area contributed by atoms with Crippen molar-refractivity contribution in [2.24, 2.45) is 4.99 Å². The van der Waals surface area contributed by atoms with Gasteiger partial charge in [-0.1, -0.05) is 84.9 Å². The molecule has 2 amide bonds. The molecule has 8 nitrogen and oxygen atoms in total. The lowest BCUT2D eigenvalue weighted by atomic mass is 9.99. The van der Waals surface area contributed by atoms with Crippen molar-refractivity contribution in [1.29, 1.82) is 0 Å². The average Bonchev–Trinajstić information content (AvgIpc) is 3.13. The van der Waals surface area contributed by atoms with Gasteiger partial charge in [-0.05, 0) is 40.1 Å². The van der Waals surface area contributed by atoms with Crippen molar-refractivity contribution in [3.05, 3.63) is 148 Å². The Kier molecular flexibility index (Phi) is 7.26. The van der Waals surface area contributed by atoms with Crippen LogP contribution in [-0.2, 0) is 22.4 Å². The molecule has 0 spiro atoms. The van der Waals surface area contributed by atoms with Gasteiger partial charge in [0.2, 0.25) is 11.8 Å². The number of fused-ring (bicyclic) bond motifs is 2. The van der Waals surface area contributed by atoms with Gasteiger partial charge in [-0.3, -0.25) is 24.7 Å². The molecule has 0 aliphatic carbocycles. The molecule has 1 atom stereocenters. The molecular formula is C34H26N4O4. The summed E-state index contributed by atoms with van der Waals surface area (Å²) in [4.78, 5) is 41.9. The number of nitro benzene ring substituents is 1. The van der Waals surface area contributed by atoms with E-state index in [4.69, 9.17) is 4.99 Å². The third-order valence-electron chi connectivity index (χ3n) is 7.21. The second kappa shape index (κ2) is 11.5. The number of benzodiazepines with no additional fused rings is 1. The van der Waals surface area contributed by atoms with Crippen molar-refractivity contribution in [3.63, 3.8) is 0 Å². The van der Waals surface area contributed by atoms with E-state index in [0.717, 1.165) is 21.9 Å². The number of carbonyl (C=O) groups excluding carboxylic acids is 2. The van der Waals surface area contributed by atoms with Crippen molar-refractivity contribution in [1.82, 2.24) is 0 Å². The first kappa shape index (κ1) is 26.6. The van der Waals surface area contributed by atoms with E-state index in [1.54, 1.807) is 18.2 Å².